The lowest BCUT2D eigenvalue weighted by Gasteiger charge is -2.04. The van der Waals surface area contributed by atoms with Crippen molar-refractivity contribution in [1.29, 1.82) is 0 Å². The quantitative estimate of drug-likeness (QED) is 0.637. The summed E-state index contributed by atoms with van der Waals surface area (Å²) in [6.07, 6.45) is 0. The number of aromatic carboxylic acids is 1. The van der Waals surface area contributed by atoms with Crippen LogP contribution in [-0.2, 0) is 6.54 Å². The van der Waals surface area contributed by atoms with Crippen LogP contribution < -0.4 is 5.32 Å². The second-order valence-corrected chi connectivity index (χ2v) is 6.29. The highest BCUT2D eigenvalue weighted by molar-refractivity contribution is 7.99. The molecule has 23 heavy (non-hydrogen) atoms. The summed E-state index contributed by atoms with van der Waals surface area (Å²) in [6.45, 7) is 3.74. The fourth-order valence-electron chi connectivity index (χ4n) is 2.46. The Labute approximate surface area is 138 Å². The van der Waals surface area contributed by atoms with E-state index in [1.807, 2.05) is 42.5 Å². The van der Waals surface area contributed by atoms with Gasteiger partial charge in [-0.2, -0.15) is 0 Å². The van der Waals surface area contributed by atoms with E-state index in [0.29, 0.717) is 0 Å². The van der Waals surface area contributed by atoms with Crippen LogP contribution in [0.1, 0.15) is 23.0 Å². The minimum absolute atomic E-state index is 0.245. The van der Waals surface area contributed by atoms with E-state index >= 15 is 0 Å². The van der Waals surface area contributed by atoms with E-state index < -0.39 is 5.97 Å². The molecule has 4 nitrogen and oxygen atoms in total. The maximum atomic E-state index is 11.6. The molecule has 118 valence electrons. The summed E-state index contributed by atoms with van der Waals surface area (Å²) in [5, 5.41) is 13.7. The second kappa shape index (κ2) is 6.89. The third-order valence-corrected chi connectivity index (χ3v) is 4.71. The van der Waals surface area contributed by atoms with Crippen molar-refractivity contribution in [1.82, 2.24) is 10.3 Å². The molecule has 0 spiro atoms. The average molecular weight is 326 g/mol. The van der Waals surface area contributed by atoms with Gasteiger partial charge in [0.25, 0.3) is 0 Å². The minimum Gasteiger partial charge on any atom is -0.477 e. The molecule has 0 aliphatic heterocycles. The second-order valence-electron chi connectivity index (χ2n) is 5.21. The Balaban J connectivity index is 2.07. The molecule has 0 amide bonds. The molecule has 5 heteroatoms. The molecular weight excluding hydrogens is 308 g/mol. The molecule has 0 fully saturated rings. The first-order valence-electron chi connectivity index (χ1n) is 7.50. The molecule has 1 heterocycles. The molecule has 2 aromatic carbocycles. The number of aromatic amines is 1. The molecule has 0 atom stereocenters. The van der Waals surface area contributed by atoms with Crippen LogP contribution in [-0.4, -0.2) is 22.6 Å². The molecule has 3 aromatic rings. The number of carboxylic acids is 1. The fraction of sp³-hybridized carbons (Fsp3) is 0.167. The van der Waals surface area contributed by atoms with Crippen LogP contribution >= 0.6 is 11.8 Å². The van der Waals surface area contributed by atoms with Gasteiger partial charge in [-0.1, -0.05) is 43.0 Å². The molecule has 0 saturated carbocycles. The van der Waals surface area contributed by atoms with Crippen molar-refractivity contribution in [2.75, 3.05) is 6.54 Å². The van der Waals surface area contributed by atoms with Crippen molar-refractivity contribution < 1.29 is 9.90 Å². The zero-order valence-corrected chi connectivity index (χ0v) is 13.6. The Bertz CT molecular complexity index is 828. The van der Waals surface area contributed by atoms with Crippen LogP contribution in [0.25, 0.3) is 10.9 Å². The number of fused-ring (bicyclic) bond motifs is 1. The molecular formula is C18H18N2O2S. The van der Waals surface area contributed by atoms with Gasteiger partial charge in [-0.3, -0.25) is 0 Å². The summed E-state index contributed by atoms with van der Waals surface area (Å²) < 4.78 is 0. The third-order valence-electron chi connectivity index (χ3n) is 3.57. The molecule has 0 unspecified atom stereocenters. The largest absolute Gasteiger partial charge is 0.477 e. The van der Waals surface area contributed by atoms with Gasteiger partial charge in [0.1, 0.15) is 5.69 Å². The van der Waals surface area contributed by atoms with Crippen LogP contribution in [0.15, 0.2) is 58.3 Å². The fourth-order valence-corrected chi connectivity index (χ4v) is 3.50. The summed E-state index contributed by atoms with van der Waals surface area (Å²) in [6, 6.07) is 15.9. The first kappa shape index (κ1) is 15.6. The Hall–Kier alpha value is -2.24. The number of nitrogens with one attached hydrogen (secondary N) is 2. The summed E-state index contributed by atoms with van der Waals surface area (Å²) in [5.74, 6) is -0.937. The maximum Gasteiger partial charge on any atom is 0.353 e. The van der Waals surface area contributed by atoms with Crippen LogP contribution in [0, 0.1) is 0 Å². The van der Waals surface area contributed by atoms with E-state index in [4.69, 9.17) is 0 Å². The van der Waals surface area contributed by atoms with E-state index in [1.54, 1.807) is 0 Å². The van der Waals surface area contributed by atoms with Gasteiger partial charge < -0.3 is 15.4 Å². The summed E-state index contributed by atoms with van der Waals surface area (Å²) in [4.78, 5) is 16.4. The lowest BCUT2D eigenvalue weighted by Crippen LogP contribution is -2.11. The van der Waals surface area contributed by atoms with Gasteiger partial charge in [-0.25, -0.2) is 4.79 Å². The molecule has 0 radical (unpaired) electrons. The van der Waals surface area contributed by atoms with Gasteiger partial charge >= 0.3 is 5.97 Å². The number of rotatable bonds is 6. The number of carbonyl (C=O) groups is 1. The molecule has 3 N–H and O–H groups in total. The van der Waals surface area contributed by atoms with Crippen molar-refractivity contribution in [3.63, 3.8) is 0 Å². The van der Waals surface area contributed by atoms with Crippen molar-refractivity contribution >= 4 is 28.6 Å². The minimum atomic E-state index is -0.937. The number of aromatic nitrogens is 1. The Morgan fingerprint density at radius 1 is 1.22 bits per heavy atom. The van der Waals surface area contributed by atoms with Crippen molar-refractivity contribution in [2.24, 2.45) is 0 Å². The zero-order chi connectivity index (χ0) is 16.2. The normalized spacial score (nSPS) is 11.0. The Kier molecular flexibility index (Phi) is 4.69. The lowest BCUT2D eigenvalue weighted by atomic mass is 10.1. The number of hydrogen-bond acceptors (Lipinski definition) is 3. The molecule has 3 rings (SSSR count). The van der Waals surface area contributed by atoms with E-state index in [0.717, 1.165) is 39.3 Å². The van der Waals surface area contributed by atoms with Gasteiger partial charge in [0.15, 0.2) is 0 Å². The Morgan fingerprint density at radius 3 is 2.70 bits per heavy atom. The zero-order valence-electron chi connectivity index (χ0n) is 12.8. The molecule has 0 aliphatic carbocycles. The van der Waals surface area contributed by atoms with Crippen molar-refractivity contribution in [2.45, 2.75) is 23.3 Å². The highest BCUT2D eigenvalue weighted by atomic mass is 32.2. The summed E-state index contributed by atoms with van der Waals surface area (Å²) in [5.41, 5.74) is 2.24. The van der Waals surface area contributed by atoms with Crippen LogP contribution in [0.3, 0.4) is 0 Å². The first-order valence-corrected chi connectivity index (χ1v) is 8.32. The van der Waals surface area contributed by atoms with Gasteiger partial charge in [0, 0.05) is 22.3 Å². The molecule has 0 aliphatic rings. The average Bonchev–Trinajstić information content (AvgIpc) is 2.92. The smallest absolute Gasteiger partial charge is 0.353 e. The van der Waals surface area contributed by atoms with E-state index in [-0.39, 0.29) is 5.69 Å². The van der Waals surface area contributed by atoms with Crippen LogP contribution in [0.2, 0.25) is 0 Å². The maximum absolute atomic E-state index is 11.6. The molecule has 1 aromatic heterocycles. The van der Waals surface area contributed by atoms with Crippen molar-refractivity contribution in [3.05, 3.63) is 59.8 Å². The van der Waals surface area contributed by atoms with Gasteiger partial charge in [-0.05, 0) is 36.4 Å². The van der Waals surface area contributed by atoms with E-state index in [1.165, 1.54) is 11.8 Å². The number of hydrogen-bond donors (Lipinski definition) is 3. The van der Waals surface area contributed by atoms with Crippen LogP contribution in [0.5, 0.6) is 0 Å². The summed E-state index contributed by atoms with van der Waals surface area (Å²) >= 11 is 1.48. The van der Waals surface area contributed by atoms with Gasteiger partial charge in [0.05, 0.1) is 4.90 Å². The highest BCUT2D eigenvalue weighted by Crippen LogP contribution is 2.37. The molecule has 0 bridgehead atoms. The highest BCUT2D eigenvalue weighted by Gasteiger charge is 2.18. The van der Waals surface area contributed by atoms with Crippen LogP contribution in [0.4, 0.5) is 0 Å². The summed E-state index contributed by atoms with van der Waals surface area (Å²) in [7, 11) is 0. The first-order chi connectivity index (χ1) is 11.2. The topological polar surface area (TPSA) is 65.1 Å². The lowest BCUT2D eigenvalue weighted by molar-refractivity contribution is 0.0688. The number of benzene rings is 2. The third kappa shape index (κ3) is 3.41. The predicted octanol–water partition coefficient (Wildman–Crippen LogP) is 4.13. The number of H-pyrrole nitrogens is 1. The predicted molar refractivity (Wildman–Crippen MR) is 93.2 cm³/mol. The van der Waals surface area contributed by atoms with Gasteiger partial charge in [0.2, 0.25) is 0 Å². The SMILES string of the molecule is CCNCc1ccc2[nH]c(C(=O)O)c(Sc3ccccc3)c2c1. The monoisotopic (exact) mass is 326 g/mol. The molecule has 0 saturated heterocycles. The number of carboxylic acid groups (broad SMARTS) is 1. The van der Waals surface area contributed by atoms with E-state index in [9.17, 15) is 9.90 Å². The van der Waals surface area contributed by atoms with Crippen molar-refractivity contribution in [3.8, 4) is 0 Å². The van der Waals surface area contributed by atoms with Gasteiger partial charge in [-0.15, -0.1) is 0 Å². The Morgan fingerprint density at radius 2 is 2.00 bits per heavy atom. The standard InChI is InChI=1S/C18H18N2O2S/c1-2-19-11-12-8-9-15-14(10-12)17(16(20-15)18(21)22)23-13-6-4-3-5-7-13/h3-10,19-20H,2,11H2,1H3,(H,21,22). The van der Waals surface area contributed by atoms with E-state index in [2.05, 4.69) is 23.3 Å².